The topological polar surface area (TPSA) is 26.3 Å². The quantitative estimate of drug-likeness (QED) is 0.527. The average molecular weight is 210 g/mol. The van der Waals surface area contributed by atoms with Crippen LogP contribution in [0.15, 0.2) is 12.7 Å². The van der Waals surface area contributed by atoms with Crippen LogP contribution in [0.25, 0.3) is 0 Å². The lowest BCUT2D eigenvalue weighted by molar-refractivity contribution is -0.163. The van der Waals surface area contributed by atoms with Gasteiger partial charge in [-0.25, -0.2) is 4.79 Å². The first-order chi connectivity index (χ1) is 6.87. The summed E-state index contributed by atoms with van der Waals surface area (Å²) in [6.45, 7) is 12.1. The van der Waals surface area contributed by atoms with Crippen molar-refractivity contribution in [2.75, 3.05) is 0 Å². The zero-order valence-corrected chi connectivity index (χ0v) is 10.3. The number of carbonyl (C=O) groups is 1. The Morgan fingerprint density at radius 3 is 2.53 bits per heavy atom. The first-order valence-corrected chi connectivity index (χ1v) is 5.73. The maximum atomic E-state index is 11.3. The fourth-order valence-corrected chi connectivity index (χ4v) is 2.73. The van der Waals surface area contributed by atoms with Gasteiger partial charge in [0.1, 0.15) is 5.60 Å². The summed E-state index contributed by atoms with van der Waals surface area (Å²) in [5, 5.41) is 0. The number of hydrogen-bond acceptors (Lipinski definition) is 2. The maximum Gasteiger partial charge on any atom is 0.330 e. The summed E-state index contributed by atoms with van der Waals surface area (Å²) in [6, 6.07) is 0. The zero-order chi connectivity index (χ0) is 11.7. The van der Waals surface area contributed by atoms with Gasteiger partial charge in [0.15, 0.2) is 0 Å². The van der Waals surface area contributed by atoms with E-state index in [4.69, 9.17) is 4.74 Å². The van der Waals surface area contributed by atoms with Crippen LogP contribution in [-0.4, -0.2) is 11.6 Å². The van der Waals surface area contributed by atoms with Gasteiger partial charge in [0.05, 0.1) is 0 Å². The molecule has 0 N–H and O–H groups in total. The molecule has 1 rings (SSSR count). The highest BCUT2D eigenvalue weighted by Crippen LogP contribution is 2.53. The lowest BCUT2D eigenvalue weighted by atomic mass is 9.72. The van der Waals surface area contributed by atoms with Crippen molar-refractivity contribution < 1.29 is 9.53 Å². The summed E-state index contributed by atoms with van der Waals surface area (Å²) in [6.07, 6.45) is 4.50. The first kappa shape index (κ1) is 12.3. The van der Waals surface area contributed by atoms with Crippen molar-refractivity contribution in [1.82, 2.24) is 0 Å². The standard InChI is InChI=1S/C13H22O2/c1-6-10-8-9-13(5,12(10,3)4)15-11(14)7-2/h7,10H,2,6,8-9H2,1,3-5H3. The molecule has 15 heavy (non-hydrogen) atoms. The molecule has 2 heteroatoms. The highest BCUT2D eigenvalue weighted by Gasteiger charge is 2.53. The third kappa shape index (κ3) is 1.95. The molecule has 1 aliphatic rings. The molecule has 0 bridgehead atoms. The van der Waals surface area contributed by atoms with Crippen LogP contribution >= 0.6 is 0 Å². The number of carbonyl (C=O) groups excluding carboxylic acids is 1. The second-order valence-corrected chi connectivity index (χ2v) is 5.22. The van der Waals surface area contributed by atoms with Crippen molar-refractivity contribution in [3.63, 3.8) is 0 Å². The van der Waals surface area contributed by atoms with E-state index in [1.165, 1.54) is 6.08 Å². The molecule has 0 aliphatic heterocycles. The Morgan fingerprint density at radius 1 is 1.53 bits per heavy atom. The molecular formula is C13H22O2. The van der Waals surface area contributed by atoms with Crippen LogP contribution in [0.1, 0.15) is 47.0 Å². The number of rotatable bonds is 3. The predicted molar refractivity (Wildman–Crippen MR) is 61.5 cm³/mol. The third-order valence-corrected chi connectivity index (χ3v) is 4.34. The van der Waals surface area contributed by atoms with Crippen LogP contribution in [0.3, 0.4) is 0 Å². The van der Waals surface area contributed by atoms with Crippen LogP contribution in [0.2, 0.25) is 0 Å². The molecule has 0 saturated heterocycles. The summed E-state index contributed by atoms with van der Waals surface area (Å²) in [4.78, 5) is 11.3. The molecule has 1 saturated carbocycles. The van der Waals surface area contributed by atoms with E-state index in [1.54, 1.807) is 0 Å². The van der Waals surface area contributed by atoms with Gasteiger partial charge in [-0.05, 0) is 25.7 Å². The van der Waals surface area contributed by atoms with Gasteiger partial charge in [-0.15, -0.1) is 0 Å². The van der Waals surface area contributed by atoms with Crippen molar-refractivity contribution in [2.45, 2.75) is 52.6 Å². The van der Waals surface area contributed by atoms with Gasteiger partial charge < -0.3 is 4.74 Å². The molecule has 2 nitrogen and oxygen atoms in total. The number of esters is 1. The summed E-state index contributed by atoms with van der Waals surface area (Å²) < 4.78 is 5.54. The van der Waals surface area contributed by atoms with Crippen LogP contribution in [0.5, 0.6) is 0 Å². The molecule has 1 fully saturated rings. The van der Waals surface area contributed by atoms with E-state index in [9.17, 15) is 4.79 Å². The molecule has 1 aliphatic carbocycles. The summed E-state index contributed by atoms with van der Waals surface area (Å²) in [7, 11) is 0. The van der Waals surface area contributed by atoms with Gasteiger partial charge in [0.2, 0.25) is 0 Å². The molecule has 0 aromatic rings. The van der Waals surface area contributed by atoms with Crippen LogP contribution in [0, 0.1) is 11.3 Å². The largest absolute Gasteiger partial charge is 0.456 e. The molecule has 0 radical (unpaired) electrons. The number of ether oxygens (including phenoxy) is 1. The molecule has 0 heterocycles. The Labute approximate surface area is 92.7 Å². The van der Waals surface area contributed by atoms with E-state index in [2.05, 4.69) is 27.4 Å². The molecule has 0 spiro atoms. The van der Waals surface area contributed by atoms with E-state index < -0.39 is 0 Å². The fourth-order valence-electron chi connectivity index (χ4n) is 2.73. The lowest BCUT2D eigenvalue weighted by Gasteiger charge is -2.40. The van der Waals surface area contributed by atoms with E-state index in [-0.39, 0.29) is 17.0 Å². The van der Waals surface area contributed by atoms with Gasteiger partial charge >= 0.3 is 5.97 Å². The van der Waals surface area contributed by atoms with Gasteiger partial charge in [0, 0.05) is 11.5 Å². The summed E-state index contributed by atoms with van der Waals surface area (Å²) >= 11 is 0. The van der Waals surface area contributed by atoms with Crippen molar-refractivity contribution in [3.05, 3.63) is 12.7 Å². The smallest absolute Gasteiger partial charge is 0.330 e. The Bertz CT molecular complexity index is 268. The minimum Gasteiger partial charge on any atom is -0.456 e. The molecule has 0 aromatic heterocycles. The number of hydrogen-bond donors (Lipinski definition) is 0. The fraction of sp³-hybridized carbons (Fsp3) is 0.769. The average Bonchev–Trinajstić information content (AvgIpc) is 2.38. The molecular weight excluding hydrogens is 188 g/mol. The van der Waals surface area contributed by atoms with Gasteiger partial charge in [0.25, 0.3) is 0 Å². The third-order valence-electron chi connectivity index (χ3n) is 4.34. The second kappa shape index (κ2) is 3.99. The Morgan fingerprint density at radius 2 is 2.13 bits per heavy atom. The van der Waals surface area contributed by atoms with Crippen LogP contribution < -0.4 is 0 Å². The van der Waals surface area contributed by atoms with Gasteiger partial charge in [-0.2, -0.15) is 0 Å². The monoisotopic (exact) mass is 210 g/mol. The van der Waals surface area contributed by atoms with Crippen LogP contribution in [0.4, 0.5) is 0 Å². The SMILES string of the molecule is C=CC(=O)OC1(C)CCC(CC)C1(C)C. The maximum absolute atomic E-state index is 11.3. The van der Waals surface area contributed by atoms with Crippen molar-refractivity contribution in [2.24, 2.45) is 11.3 Å². The van der Waals surface area contributed by atoms with Gasteiger partial charge in [-0.1, -0.05) is 33.8 Å². The lowest BCUT2D eigenvalue weighted by Crippen LogP contribution is -2.43. The Kier molecular flexibility index (Phi) is 3.27. The Balaban J connectivity index is 2.85. The second-order valence-electron chi connectivity index (χ2n) is 5.22. The van der Waals surface area contributed by atoms with E-state index in [0.717, 1.165) is 19.3 Å². The zero-order valence-electron chi connectivity index (χ0n) is 10.3. The molecule has 2 unspecified atom stereocenters. The highest BCUT2D eigenvalue weighted by atomic mass is 16.6. The molecule has 86 valence electrons. The van der Waals surface area contributed by atoms with Crippen molar-refractivity contribution >= 4 is 5.97 Å². The molecule has 0 aromatic carbocycles. The van der Waals surface area contributed by atoms with E-state index in [0.29, 0.717) is 5.92 Å². The normalized spacial score (nSPS) is 33.7. The van der Waals surface area contributed by atoms with Gasteiger partial charge in [-0.3, -0.25) is 0 Å². The molecule has 2 atom stereocenters. The summed E-state index contributed by atoms with van der Waals surface area (Å²) in [5.41, 5.74) is -0.278. The van der Waals surface area contributed by atoms with Crippen molar-refractivity contribution in [1.29, 1.82) is 0 Å². The molecule has 0 amide bonds. The summed E-state index contributed by atoms with van der Waals surface area (Å²) in [5.74, 6) is 0.336. The first-order valence-electron chi connectivity index (χ1n) is 5.73. The predicted octanol–water partition coefficient (Wildman–Crippen LogP) is 3.32. The van der Waals surface area contributed by atoms with E-state index in [1.807, 2.05) is 6.92 Å². The van der Waals surface area contributed by atoms with E-state index >= 15 is 0 Å². The van der Waals surface area contributed by atoms with Crippen LogP contribution in [-0.2, 0) is 9.53 Å². The highest BCUT2D eigenvalue weighted by molar-refractivity contribution is 5.81. The Hall–Kier alpha value is -0.790. The van der Waals surface area contributed by atoms with Crippen molar-refractivity contribution in [3.8, 4) is 0 Å². The minimum absolute atomic E-state index is 0.0560. The minimum atomic E-state index is -0.334.